The summed E-state index contributed by atoms with van der Waals surface area (Å²) in [7, 11) is 0. The Labute approximate surface area is 105 Å². The molecule has 0 aliphatic rings. The van der Waals surface area contributed by atoms with Crippen molar-refractivity contribution in [3.63, 3.8) is 0 Å². The summed E-state index contributed by atoms with van der Waals surface area (Å²) in [5, 5.41) is 2.67. The molecule has 0 aromatic carbocycles. The lowest BCUT2D eigenvalue weighted by atomic mass is 10.3. The van der Waals surface area contributed by atoms with E-state index in [1.807, 2.05) is 4.98 Å². The van der Waals surface area contributed by atoms with Crippen LogP contribution in [0.25, 0.3) is 0 Å². The van der Waals surface area contributed by atoms with Crippen molar-refractivity contribution >= 4 is 23.2 Å². The maximum atomic E-state index is 11.7. The predicted molar refractivity (Wildman–Crippen MR) is 64.9 cm³/mol. The molecule has 92 valence electrons. The molecule has 2 aromatic rings. The summed E-state index contributed by atoms with van der Waals surface area (Å²) in [6, 6.07) is 2.95. The van der Waals surface area contributed by atoms with Crippen molar-refractivity contribution in [1.29, 1.82) is 0 Å². The predicted octanol–water partition coefficient (Wildman–Crippen LogP) is 0.364. The number of aromatic amines is 2. The summed E-state index contributed by atoms with van der Waals surface area (Å²) in [5.74, 6) is -0.658. The molecule has 0 aliphatic carbocycles. The van der Waals surface area contributed by atoms with E-state index in [1.165, 1.54) is 18.3 Å². The van der Waals surface area contributed by atoms with Crippen molar-refractivity contribution in [3.8, 4) is 0 Å². The van der Waals surface area contributed by atoms with Crippen molar-refractivity contribution in [2.24, 2.45) is 0 Å². The second-order valence-electron chi connectivity index (χ2n) is 3.31. The van der Waals surface area contributed by atoms with Gasteiger partial charge in [0, 0.05) is 18.1 Å². The molecule has 0 fully saturated rings. The van der Waals surface area contributed by atoms with Crippen molar-refractivity contribution in [2.45, 2.75) is 0 Å². The van der Waals surface area contributed by atoms with Gasteiger partial charge in [0.2, 0.25) is 0 Å². The molecule has 0 atom stereocenters. The maximum absolute atomic E-state index is 11.7. The van der Waals surface area contributed by atoms with Gasteiger partial charge in [-0.2, -0.15) is 0 Å². The Balaban J connectivity index is 2.27. The highest BCUT2D eigenvalue weighted by molar-refractivity contribution is 6.29. The molecular weight excluding hydrogens is 260 g/mol. The Bertz CT molecular complexity index is 707. The average Bonchev–Trinajstić information content (AvgIpc) is 2.28. The minimum atomic E-state index is -0.767. The van der Waals surface area contributed by atoms with Crippen LogP contribution in [0.4, 0.5) is 5.69 Å². The molecule has 0 saturated carbocycles. The van der Waals surface area contributed by atoms with Crippen molar-refractivity contribution < 1.29 is 4.79 Å². The van der Waals surface area contributed by atoms with E-state index in [0.717, 1.165) is 6.20 Å². The van der Waals surface area contributed by atoms with Gasteiger partial charge in [-0.15, -0.1) is 0 Å². The van der Waals surface area contributed by atoms with Crippen LogP contribution in [-0.4, -0.2) is 20.9 Å². The topological polar surface area (TPSA) is 108 Å². The van der Waals surface area contributed by atoms with Crippen LogP contribution in [0.5, 0.6) is 0 Å². The first-order valence-electron chi connectivity index (χ1n) is 4.81. The molecule has 0 saturated heterocycles. The summed E-state index contributed by atoms with van der Waals surface area (Å²) in [6.07, 6.45) is 2.45. The van der Waals surface area contributed by atoms with Gasteiger partial charge < -0.3 is 10.3 Å². The summed E-state index contributed by atoms with van der Waals surface area (Å²) in [6.45, 7) is 0. The van der Waals surface area contributed by atoms with Crippen LogP contribution in [-0.2, 0) is 0 Å². The second-order valence-corrected chi connectivity index (χ2v) is 3.69. The molecule has 8 heteroatoms. The van der Waals surface area contributed by atoms with Crippen LogP contribution in [0.15, 0.2) is 34.1 Å². The van der Waals surface area contributed by atoms with Crippen LogP contribution in [0.1, 0.15) is 10.4 Å². The molecule has 2 heterocycles. The Kier molecular flexibility index (Phi) is 3.24. The number of hydrogen-bond donors (Lipinski definition) is 3. The maximum Gasteiger partial charge on any atom is 0.325 e. The van der Waals surface area contributed by atoms with E-state index in [0.29, 0.717) is 5.69 Å². The van der Waals surface area contributed by atoms with Gasteiger partial charge in [-0.05, 0) is 12.1 Å². The number of anilines is 1. The van der Waals surface area contributed by atoms with Gasteiger partial charge >= 0.3 is 5.69 Å². The Morgan fingerprint density at radius 2 is 2.17 bits per heavy atom. The van der Waals surface area contributed by atoms with E-state index in [-0.39, 0.29) is 10.7 Å². The first kappa shape index (κ1) is 12.1. The number of H-pyrrole nitrogens is 2. The Morgan fingerprint density at radius 3 is 2.83 bits per heavy atom. The number of aromatic nitrogens is 3. The summed E-state index contributed by atoms with van der Waals surface area (Å²) >= 11 is 5.65. The van der Waals surface area contributed by atoms with Gasteiger partial charge in [-0.25, -0.2) is 9.78 Å². The molecule has 0 unspecified atom stereocenters. The third-order valence-corrected chi connectivity index (χ3v) is 2.26. The number of nitrogens with one attached hydrogen (secondary N) is 3. The highest BCUT2D eigenvalue weighted by Gasteiger charge is 2.11. The highest BCUT2D eigenvalue weighted by atomic mass is 35.5. The smallest absolute Gasteiger partial charge is 0.322 e. The fourth-order valence-electron chi connectivity index (χ4n) is 1.26. The molecule has 2 aromatic heterocycles. The minimum Gasteiger partial charge on any atom is -0.322 e. The quantitative estimate of drug-likeness (QED) is 0.682. The Hall–Kier alpha value is -2.41. The van der Waals surface area contributed by atoms with Crippen LogP contribution in [0.2, 0.25) is 5.15 Å². The molecule has 18 heavy (non-hydrogen) atoms. The number of halogens is 1. The summed E-state index contributed by atoms with van der Waals surface area (Å²) in [5.41, 5.74) is -1.26. The van der Waals surface area contributed by atoms with E-state index in [9.17, 15) is 14.4 Å². The van der Waals surface area contributed by atoms with Crippen LogP contribution in [0, 0.1) is 0 Å². The van der Waals surface area contributed by atoms with Gasteiger partial charge in [0.05, 0.1) is 0 Å². The lowest BCUT2D eigenvalue weighted by molar-refractivity contribution is 0.102. The average molecular weight is 267 g/mol. The number of rotatable bonds is 2. The van der Waals surface area contributed by atoms with Crippen molar-refractivity contribution in [1.82, 2.24) is 15.0 Å². The van der Waals surface area contributed by atoms with Crippen molar-refractivity contribution in [3.05, 3.63) is 56.1 Å². The molecule has 1 amide bonds. The van der Waals surface area contributed by atoms with Gasteiger partial charge in [-0.3, -0.25) is 14.6 Å². The first-order chi connectivity index (χ1) is 8.56. The second kappa shape index (κ2) is 4.84. The number of carbonyl (C=O) groups is 1. The van der Waals surface area contributed by atoms with Crippen molar-refractivity contribution in [2.75, 3.05) is 5.32 Å². The normalized spacial score (nSPS) is 10.1. The summed E-state index contributed by atoms with van der Waals surface area (Å²) in [4.78, 5) is 41.8. The standard InChI is InChI=1S/C10H7ClN4O3/c11-7-3-5(1-2-12-7)14-8(16)6-4-13-10(18)15-9(6)17/h1-4H,(H,12,14,16)(H2,13,15,17,18). The zero-order valence-electron chi connectivity index (χ0n) is 8.86. The zero-order valence-corrected chi connectivity index (χ0v) is 9.62. The molecule has 0 radical (unpaired) electrons. The zero-order chi connectivity index (χ0) is 13.1. The molecule has 0 bridgehead atoms. The lowest BCUT2D eigenvalue weighted by Gasteiger charge is -2.03. The van der Waals surface area contributed by atoms with Gasteiger partial charge in [0.15, 0.2) is 0 Å². The molecule has 0 spiro atoms. The lowest BCUT2D eigenvalue weighted by Crippen LogP contribution is -2.29. The van der Waals surface area contributed by atoms with Crippen LogP contribution < -0.4 is 16.6 Å². The number of hydrogen-bond acceptors (Lipinski definition) is 4. The number of amides is 1. The number of nitrogens with zero attached hydrogens (tertiary/aromatic N) is 1. The largest absolute Gasteiger partial charge is 0.325 e. The van der Waals surface area contributed by atoms with Gasteiger partial charge in [-0.1, -0.05) is 11.6 Å². The monoisotopic (exact) mass is 266 g/mol. The van der Waals surface area contributed by atoms with E-state index in [4.69, 9.17) is 11.6 Å². The number of carbonyl (C=O) groups excluding carboxylic acids is 1. The molecule has 2 rings (SSSR count). The fraction of sp³-hybridized carbons (Fsp3) is 0. The van der Waals surface area contributed by atoms with Gasteiger partial charge in [0.25, 0.3) is 11.5 Å². The minimum absolute atomic E-state index is 0.206. The third-order valence-electron chi connectivity index (χ3n) is 2.05. The Morgan fingerprint density at radius 1 is 1.39 bits per heavy atom. The van der Waals surface area contributed by atoms with E-state index >= 15 is 0 Å². The van der Waals surface area contributed by atoms with Gasteiger partial charge in [0.1, 0.15) is 10.7 Å². The van der Waals surface area contributed by atoms with Crippen LogP contribution in [0.3, 0.4) is 0 Å². The molecule has 3 N–H and O–H groups in total. The molecular formula is C10H7ClN4O3. The third kappa shape index (κ3) is 2.64. The first-order valence-corrected chi connectivity index (χ1v) is 5.19. The fourth-order valence-corrected chi connectivity index (χ4v) is 1.43. The molecule has 0 aliphatic heterocycles. The SMILES string of the molecule is O=C(Nc1ccnc(Cl)c1)c1c[nH]c(=O)[nH]c1=O. The van der Waals surface area contributed by atoms with E-state index in [2.05, 4.69) is 15.3 Å². The van der Waals surface area contributed by atoms with E-state index in [1.54, 1.807) is 0 Å². The van der Waals surface area contributed by atoms with Crippen LogP contribution >= 0.6 is 11.6 Å². The number of pyridine rings is 1. The summed E-state index contributed by atoms with van der Waals surface area (Å²) < 4.78 is 0. The highest BCUT2D eigenvalue weighted by Crippen LogP contribution is 2.12. The molecule has 7 nitrogen and oxygen atoms in total. The van der Waals surface area contributed by atoms with E-state index < -0.39 is 17.2 Å².